The van der Waals surface area contributed by atoms with Gasteiger partial charge in [-0.1, -0.05) is 0 Å². The Balaban J connectivity index is 1.97. The Hall–Kier alpha value is -1.95. The highest BCUT2D eigenvalue weighted by atomic mass is 32.1. The summed E-state index contributed by atoms with van der Waals surface area (Å²) in [5.74, 6) is 0.704. The Bertz CT molecular complexity index is 507. The van der Waals surface area contributed by atoms with Crippen LogP contribution in [0.3, 0.4) is 0 Å². The summed E-state index contributed by atoms with van der Waals surface area (Å²) in [4.78, 5) is 22.5. The molecule has 0 spiro atoms. The number of pyridine rings is 1. The van der Waals surface area contributed by atoms with Crippen LogP contribution in [0.2, 0.25) is 0 Å². The minimum absolute atomic E-state index is 0.0449. The molecule has 1 N–H and O–H groups in total. The zero-order chi connectivity index (χ0) is 13.0. The lowest BCUT2D eigenvalue weighted by atomic mass is 10.2. The summed E-state index contributed by atoms with van der Waals surface area (Å²) in [6.45, 7) is 0.693. The van der Waals surface area contributed by atoms with Gasteiger partial charge < -0.3 is 10.2 Å². The number of amides is 1. The molecule has 1 amide bonds. The lowest BCUT2D eigenvalue weighted by Crippen LogP contribution is -2.21. The number of anilines is 1. The van der Waals surface area contributed by atoms with Gasteiger partial charge in [0.1, 0.15) is 5.82 Å². The average molecular weight is 262 g/mol. The van der Waals surface area contributed by atoms with Gasteiger partial charge in [0.2, 0.25) is 0 Å². The van der Waals surface area contributed by atoms with Gasteiger partial charge in [-0.15, -0.1) is 11.3 Å². The summed E-state index contributed by atoms with van der Waals surface area (Å²) >= 11 is 1.59. The van der Waals surface area contributed by atoms with Crippen LogP contribution in [0.15, 0.2) is 30.0 Å². The molecule has 2 rings (SSSR count). The van der Waals surface area contributed by atoms with Crippen LogP contribution in [0, 0.1) is 0 Å². The van der Waals surface area contributed by atoms with E-state index in [0.29, 0.717) is 12.1 Å². The van der Waals surface area contributed by atoms with Gasteiger partial charge in [0.25, 0.3) is 5.91 Å². The van der Waals surface area contributed by atoms with E-state index in [1.54, 1.807) is 49.3 Å². The highest BCUT2D eigenvalue weighted by molar-refractivity contribution is 7.09. The number of carbonyl (C=O) groups is 1. The highest BCUT2D eigenvalue weighted by Gasteiger charge is 2.07. The van der Waals surface area contributed by atoms with Crippen molar-refractivity contribution in [1.82, 2.24) is 14.9 Å². The van der Waals surface area contributed by atoms with Crippen molar-refractivity contribution in [2.24, 2.45) is 0 Å². The van der Waals surface area contributed by atoms with Gasteiger partial charge in [-0.05, 0) is 12.1 Å². The minimum Gasteiger partial charge on any atom is -0.365 e. The minimum atomic E-state index is -0.0449. The average Bonchev–Trinajstić information content (AvgIpc) is 2.89. The molecule has 2 heterocycles. The number of nitrogens with zero attached hydrogens (tertiary/aromatic N) is 3. The zero-order valence-corrected chi connectivity index (χ0v) is 11.1. The fourth-order valence-electron chi connectivity index (χ4n) is 1.39. The van der Waals surface area contributed by atoms with Crippen LogP contribution in [-0.4, -0.2) is 34.9 Å². The number of carbonyl (C=O) groups excluding carboxylic acids is 1. The Morgan fingerprint density at radius 2 is 2.22 bits per heavy atom. The molecule has 0 fully saturated rings. The molecule has 94 valence electrons. The molecule has 0 aliphatic rings. The molecule has 0 saturated heterocycles. The van der Waals surface area contributed by atoms with Crippen molar-refractivity contribution >= 4 is 23.1 Å². The molecule has 0 aliphatic carbocycles. The molecule has 2 aromatic rings. The third-order valence-corrected chi connectivity index (χ3v) is 3.12. The van der Waals surface area contributed by atoms with E-state index in [2.05, 4.69) is 15.3 Å². The van der Waals surface area contributed by atoms with E-state index < -0.39 is 0 Å². The standard InChI is InChI=1S/C12H14N4OS/c1-16(2)12(17)9-3-4-11(14-5-9)15-7-10-6-13-8-18-10/h3-6,8H,7H2,1-2H3,(H,14,15). The Kier molecular flexibility index (Phi) is 3.88. The van der Waals surface area contributed by atoms with Crippen LogP contribution in [0.25, 0.3) is 0 Å². The fourth-order valence-corrected chi connectivity index (χ4v) is 1.92. The molecule has 0 atom stereocenters. The summed E-state index contributed by atoms with van der Waals surface area (Å²) in [5, 5.41) is 3.18. The van der Waals surface area contributed by atoms with Crippen LogP contribution in [0.1, 0.15) is 15.2 Å². The molecule has 0 bridgehead atoms. The quantitative estimate of drug-likeness (QED) is 0.913. The van der Waals surface area contributed by atoms with Crippen molar-refractivity contribution in [1.29, 1.82) is 0 Å². The molecule has 0 saturated carbocycles. The van der Waals surface area contributed by atoms with E-state index in [1.165, 1.54) is 4.90 Å². The van der Waals surface area contributed by atoms with Gasteiger partial charge in [0.15, 0.2) is 0 Å². The van der Waals surface area contributed by atoms with E-state index in [9.17, 15) is 4.79 Å². The van der Waals surface area contributed by atoms with Gasteiger partial charge in [-0.3, -0.25) is 9.78 Å². The second kappa shape index (κ2) is 5.59. The molecule has 0 unspecified atom stereocenters. The van der Waals surface area contributed by atoms with Gasteiger partial charge in [0, 0.05) is 31.4 Å². The molecular formula is C12H14N4OS. The SMILES string of the molecule is CN(C)C(=O)c1ccc(NCc2cncs2)nc1. The lowest BCUT2D eigenvalue weighted by molar-refractivity contribution is 0.0827. The Morgan fingerprint density at radius 3 is 2.78 bits per heavy atom. The molecule has 2 aromatic heterocycles. The Morgan fingerprint density at radius 1 is 1.39 bits per heavy atom. The molecule has 18 heavy (non-hydrogen) atoms. The summed E-state index contributed by atoms with van der Waals surface area (Å²) in [6, 6.07) is 3.57. The van der Waals surface area contributed by atoms with E-state index in [0.717, 1.165) is 10.7 Å². The number of aromatic nitrogens is 2. The van der Waals surface area contributed by atoms with E-state index in [1.807, 2.05) is 6.20 Å². The highest BCUT2D eigenvalue weighted by Crippen LogP contribution is 2.10. The van der Waals surface area contributed by atoms with E-state index in [-0.39, 0.29) is 5.91 Å². The molecular weight excluding hydrogens is 248 g/mol. The predicted octanol–water partition coefficient (Wildman–Crippen LogP) is 1.85. The molecule has 0 radical (unpaired) electrons. The van der Waals surface area contributed by atoms with Crippen LogP contribution in [0.5, 0.6) is 0 Å². The zero-order valence-electron chi connectivity index (χ0n) is 10.3. The number of hydrogen-bond donors (Lipinski definition) is 1. The smallest absolute Gasteiger partial charge is 0.254 e. The summed E-state index contributed by atoms with van der Waals surface area (Å²) in [5.41, 5.74) is 2.38. The van der Waals surface area contributed by atoms with E-state index >= 15 is 0 Å². The number of hydrogen-bond acceptors (Lipinski definition) is 5. The van der Waals surface area contributed by atoms with Crippen molar-refractivity contribution in [3.8, 4) is 0 Å². The second-order valence-corrected chi connectivity index (χ2v) is 4.92. The molecule has 0 aromatic carbocycles. The Labute approximate surface area is 109 Å². The lowest BCUT2D eigenvalue weighted by Gasteiger charge is -2.10. The fraction of sp³-hybridized carbons (Fsp3) is 0.250. The monoisotopic (exact) mass is 262 g/mol. The first-order valence-electron chi connectivity index (χ1n) is 5.46. The first-order valence-corrected chi connectivity index (χ1v) is 6.33. The molecule has 0 aliphatic heterocycles. The topological polar surface area (TPSA) is 58.1 Å². The number of thiazole rings is 1. The van der Waals surface area contributed by atoms with Gasteiger partial charge in [-0.2, -0.15) is 0 Å². The number of nitrogens with one attached hydrogen (secondary N) is 1. The third-order valence-electron chi connectivity index (χ3n) is 2.34. The summed E-state index contributed by atoms with van der Waals surface area (Å²) in [6.07, 6.45) is 3.40. The third kappa shape index (κ3) is 3.04. The van der Waals surface area contributed by atoms with Crippen molar-refractivity contribution in [2.75, 3.05) is 19.4 Å². The van der Waals surface area contributed by atoms with Crippen molar-refractivity contribution in [3.63, 3.8) is 0 Å². The normalized spacial score (nSPS) is 10.1. The first-order chi connectivity index (χ1) is 8.66. The molecule has 5 nitrogen and oxygen atoms in total. The van der Waals surface area contributed by atoms with Gasteiger partial charge >= 0.3 is 0 Å². The van der Waals surface area contributed by atoms with Crippen LogP contribution in [-0.2, 0) is 6.54 Å². The largest absolute Gasteiger partial charge is 0.365 e. The van der Waals surface area contributed by atoms with Crippen molar-refractivity contribution in [3.05, 3.63) is 40.5 Å². The predicted molar refractivity (Wildman–Crippen MR) is 71.7 cm³/mol. The summed E-state index contributed by atoms with van der Waals surface area (Å²) < 4.78 is 0. The maximum Gasteiger partial charge on any atom is 0.254 e. The first kappa shape index (κ1) is 12.5. The van der Waals surface area contributed by atoms with Gasteiger partial charge in [0.05, 0.1) is 17.6 Å². The summed E-state index contributed by atoms with van der Waals surface area (Å²) in [7, 11) is 3.44. The number of rotatable bonds is 4. The van der Waals surface area contributed by atoms with Crippen LogP contribution in [0.4, 0.5) is 5.82 Å². The van der Waals surface area contributed by atoms with Crippen molar-refractivity contribution < 1.29 is 4.79 Å². The van der Waals surface area contributed by atoms with Crippen LogP contribution < -0.4 is 5.32 Å². The van der Waals surface area contributed by atoms with E-state index in [4.69, 9.17) is 0 Å². The van der Waals surface area contributed by atoms with Gasteiger partial charge in [-0.25, -0.2) is 4.98 Å². The second-order valence-electron chi connectivity index (χ2n) is 3.95. The maximum atomic E-state index is 11.7. The van der Waals surface area contributed by atoms with Crippen molar-refractivity contribution in [2.45, 2.75) is 6.54 Å². The maximum absolute atomic E-state index is 11.7. The molecule has 6 heteroatoms. The van der Waals surface area contributed by atoms with Crippen LogP contribution >= 0.6 is 11.3 Å².